The predicted octanol–water partition coefficient (Wildman–Crippen LogP) is 3.32. The van der Waals surface area contributed by atoms with Gasteiger partial charge in [0.05, 0.1) is 6.10 Å². The van der Waals surface area contributed by atoms with Crippen LogP contribution in [-0.2, 0) is 9.53 Å². The van der Waals surface area contributed by atoms with E-state index < -0.39 is 0 Å². The monoisotopic (exact) mass is 276 g/mol. The molecular formula is C16H24N2O2. The summed E-state index contributed by atoms with van der Waals surface area (Å²) in [5, 5.41) is 6.42. The van der Waals surface area contributed by atoms with Gasteiger partial charge in [-0.3, -0.25) is 4.79 Å². The van der Waals surface area contributed by atoms with Crippen LogP contribution in [0.3, 0.4) is 0 Å². The number of hydrogen-bond acceptors (Lipinski definition) is 3. The second-order valence-corrected chi connectivity index (χ2v) is 5.58. The number of amides is 1. The molecule has 1 aromatic carbocycles. The van der Waals surface area contributed by atoms with E-state index in [0.29, 0.717) is 12.1 Å². The molecule has 1 amide bonds. The van der Waals surface area contributed by atoms with Crippen molar-refractivity contribution in [3.8, 4) is 0 Å². The highest BCUT2D eigenvalue weighted by atomic mass is 16.5. The van der Waals surface area contributed by atoms with E-state index in [1.54, 1.807) is 7.11 Å². The normalized spacial score (nSPS) is 22.4. The minimum absolute atomic E-state index is 0.0395. The van der Waals surface area contributed by atoms with Gasteiger partial charge in [0, 0.05) is 31.5 Å². The highest BCUT2D eigenvalue weighted by Gasteiger charge is 2.21. The van der Waals surface area contributed by atoms with Gasteiger partial charge >= 0.3 is 0 Å². The number of aryl methyl sites for hydroxylation is 1. The first-order valence-corrected chi connectivity index (χ1v) is 7.26. The van der Waals surface area contributed by atoms with E-state index in [9.17, 15) is 4.79 Å². The molecule has 0 aromatic heterocycles. The van der Waals surface area contributed by atoms with E-state index >= 15 is 0 Å². The van der Waals surface area contributed by atoms with Crippen LogP contribution in [0.15, 0.2) is 18.2 Å². The highest BCUT2D eigenvalue weighted by molar-refractivity contribution is 5.90. The summed E-state index contributed by atoms with van der Waals surface area (Å²) in [5.74, 6) is -0.0395. The minimum atomic E-state index is -0.0395. The molecule has 1 saturated carbocycles. The number of rotatable bonds is 4. The maximum absolute atomic E-state index is 11.2. The largest absolute Gasteiger partial charge is 0.382 e. The van der Waals surface area contributed by atoms with E-state index in [0.717, 1.165) is 29.8 Å². The van der Waals surface area contributed by atoms with E-state index in [2.05, 4.69) is 16.7 Å². The molecule has 1 aromatic rings. The van der Waals surface area contributed by atoms with Crippen molar-refractivity contribution in [2.24, 2.45) is 0 Å². The number of carbonyl (C=O) groups excluding carboxylic acids is 1. The fourth-order valence-electron chi connectivity index (χ4n) is 2.76. The molecule has 20 heavy (non-hydrogen) atoms. The van der Waals surface area contributed by atoms with Crippen LogP contribution in [0.2, 0.25) is 0 Å². The SMILES string of the molecule is COC1CCCC(Nc2ccc(C)c(NC(C)=O)c2)C1. The summed E-state index contributed by atoms with van der Waals surface area (Å²) < 4.78 is 5.46. The Morgan fingerprint density at radius 2 is 2.15 bits per heavy atom. The molecular weight excluding hydrogens is 252 g/mol. The van der Waals surface area contributed by atoms with Gasteiger partial charge in [0.1, 0.15) is 0 Å². The van der Waals surface area contributed by atoms with E-state index in [1.807, 2.05) is 19.1 Å². The molecule has 0 aliphatic heterocycles. The zero-order valence-corrected chi connectivity index (χ0v) is 12.5. The third-order valence-corrected chi connectivity index (χ3v) is 3.88. The Hall–Kier alpha value is -1.55. The molecule has 0 bridgehead atoms. The molecule has 2 N–H and O–H groups in total. The summed E-state index contributed by atoms with van der Waals surface area (Å²) in [7, 11) is 1.79. The molecule has 2 atom stereocenters. The Bertz CT molecular complexity index is 474. The fourth-order valence-corrected chi connectivity index (χ4v) is 2.76. The average molecular weight is 276 g/mol. The van der Waals surface area contributed by atoms with E-state index in [4.69, 9.17) is 4.74 Å². The van der Waals surface area contributed by atoms with Crippen molar-refractivity contribution in [3.05, 3.63) is 23.8 Å². The minimum Gasteiger partial charge on any atom is -0.382 e. The topological polar surface area (TPSA) is 50.4 Å². The number of carbonyl (C=O) groups is 1. The number of methoxy groups -OCH3 is 1. The summed E-state index contributed by atoms with van der Waals surface area (Å²) in [5.41, 5.74) is 3.01. The summed E-state index contributed by atoms with van der Waals surface area (Å²) in [6.45, 7) is 3.53. The lowest BCUT2D eigenvalue weighted by atomic mass is 9.92. The van der Waals surface area contributed by atoms with Crippen molar-refractivity contribution >= 4 is 17.3 Å². The number of benzene rings is 1. The Morgan fingerprint density at radius 3 is 2.85 bits per heavy atom. The van der Waals surface area contributed by atoms with Gasteiger partial charge in [0.25, 0.3) is 0 Å². The Balaban J connectivity index is 2.03. The third-order valence-electron chi connectivity index (χ3n) is 3.88. The van der Waals surface area contributed by atoms with E-state index in [-0.39, 0.29) is 5.91 Å². The Labute approximate surface area is 120 Å². The predicted molar refractivity (Wildman–Crippen MR) is 82.2 cm³/mol. The van der Waals surface area contributed by atoms with Gasteiger partial charge < -0.3 is 15.4 Å². The first-order chi connectivity index (χ1) is 9.58. The van der Waals surface area contributed by atoms with Crippen LogP contribution >= 0.6 is 0 Å². The standard InChI is InChI=1S/C16H24N2O2/c1-11-7-8-14(10-16(11)17-12(2)19)18-13-5-4-6-15(9-13)20-3/h7-8,10,13,15,18H,4-6,9H2,1-3H3,(H,17,19). The van der Waals surface area contributed by atoms with Crippen molar-refractivity contribution in [3.63, 3.8) is 0 Å². The van der Waals surface area contributed by atoms with Gasteiger partial charge in [-0.05, 0) is 50.3 Å². The number of nitrogens with one attached hydrogen (secondary N) is 2. The summed E-state index contributed by atoms with van der Waals surface area (Å²) >= 11 is 0. The van der Waals surface area contributed by atoms with Crippen LogP contribution < -0.4 is 10.6 Å². The molecule has 2 unspecified atom stereocenters. The van der Waals surface area contributed by atoms with Gasteiger partial charge in [-0.2, -0.15) is 0 Å². The molecule has 4 nitrogen and oxygen atoms in total. The lowest BCUT2D eigenvalue weighted by Crippen LogP contribution is -2.31. The van der Waals surface area contributed by atoms with Crippen molar-refractivity contribution in [2.45, 2.75) is 51.7 Å². The smallest absolute Gasteiger partial charge is 0.221 e. The summed E-state index contributed by atoms with van der Waals surface area (Å²) in [4.78, 5) is 11.2. The molecule has 0 heterocycles. The van der Waals surface area contributed by atoms with E-state index in [1.165, 1.54) is 19.8 Å². The van der Waals surface area contributed by atoms with Gasteiger partial charge in [-0.25, -0.2) is 0 Å². The van der Waals surface area contributed by atoms with Crippen LogP contribution in [-0.4, -0.2) is 25.2 Å². The second kappa shape index (κ2) is 6.75. The zero-order valence-electron chi connectivity index (χ0n) is 12.5. The maximum atomic E-state index is 11.2. The van der Waals surface area contributed by atoms with Crippen molar-refractivity contribution < 1.29 is 9.53 Å². The van der Waals surface area contributed by atoms with Gasteiger partial charge in [-0.15, -0.1) is 0 Å². The second-order valence-electron chi connectivity index (χ2n) is 5.58. The number of hydrogen-bond donors (Lipinski definition) is 2. The lowest BCUT2D eigenvalue weighted by molar-refractivity contribution is -0.114. The molecule has 0 spiro atoms. The van der Waals surface area contributed by atoms with Crippen molar-refractivity contribution in [1.29, 1.82) is 0 Å². The lowest BCUT2D eigenvalue weighted by Gasteiger charge is -2.29. The third kappa shape index (κ3) is 3.97. The van der Waals surface area contributed by atoms with Crippen LogP contribution in [0.1, 0.15) is 38.2 Å². The average Bonchev–Trinajstić information content (AvgIpc) is 2.42. The summed E-state index contributed by atoms with van der Waals surface area (Å²) in [6.07, 6.45) is 4.92. The quantitative estimate of drug-likeness (QED) is 0.887. The highest BCUT2D eigenvalue weighted by Crippen LogP contribution is 2.26. The Morgan fingerprint density at radius 1 is 1.35 bits per heavy atom. The molecule has 0 radical (unpaired) electrons. The Kier molecular flexibility index (Phi) is 5.01. The fraction of sp³-hybridized carbons (Fsp3) is 0.562. The van der Waals surface area contributed by atoms with Crippen LogP contribution in [0, 0.1) is 6.92 Å². The zero-order chi connectivity index (χ0) is 14.5. The molecule has 1 aliphatic rings. The van der Waals surface area contributed by atoms with Crippen LogP contribution in [0.5, 0.6) is 0 Å². The van der Waals surface area contributed by atoms with Crippen molar-refractivity contribution in [1.82, 2.24) is 0 Å². The van der Waals surface area contributed by atoms with Gasteiger partial charge in [0.15, 0.2) is 0 Å². The van der Waals surface area contributed by atoms with Crippen molar-refractivity contribution in [2.75, 3.05) is 17.7 Å². The first-order valence-electron chi connectivity index (χ1n) is 7.26. The molecule has 0 saturated heterocycles. The molecule has 1 aliphatic carbocycles. The van der Waals surface area contributed by atoms with Gasteiger partial charge in [-0.1, -0.05) is 6.07 Å². The first kappa shape index (κ1) is 14.9. The maximum Gasteiger partial charge on any atom is 0.221 e. The van der Waals surface area contributed by atoms with Gasteiger partial charge in [0.2, 0.25) is 5.91 Å². The molecule has 4 heteroatoms. The summed E-state index contributed by atoms with van der Waals surface area (Å²) in [6, 6.07) is 6.55. The number of ether oxygens (including phenoxy) is 1. The molecule has 110 valence electrons. The molecule has 1 fully saturated rings. The number of anilines is 2. The molecule has 2 rings (SSSR count). The van der Waals surface area contributed by atoms with Crippen LogP contribution in [0.25, 0.3) is 0 Å². The van der Waals surface area contributed by atoms with Crippen LogP contribution in [0.4, 0.5) is 11.4 Å².